The van der Waals surface area contributed by atoms with Crippen molar-refractivity contribution in [3.05, 3.63) is 34.1 Å². The lowest BCUT2D eigenvalue weighted by atomic mass is 9.88. The van der Waals surface area contributed by atoms with Gasteiger partial charge in [0.05, 0.1) is 11.0 Å². The molecule has 2 aliphatic heterocycles. The molecular weight excluding hydrogens is 273 g/mol. The van der Waals surface area contributed by atoms with Gasteiger partial charge in [-0.05, 0) is 44.2 Å². The molecule has 1 atom stereocenters. The SMILES string of the molecule is O=[N+]([O-])c1cc(F)cc(N2CCC(C3CCCN3)CC2)c1. The zero-order valence-electron chi connectivity index (χ0n) is 11.9. The zero-order chi connectivity index (χ0) is 14.8. The highest BCUT2D eigenvalue weighted by Crippen LogP contribution is 2.30. The van der Waals surface area contributed by atoms with Crippen LogP contribution >= 0.6 is 0 Å². The molecule has 2 heterocycles. The Hall–Kier alpha value is -1.69. The van der Waals surface area contributed by atoms with E-state index in [1.165, 1.54) is 25.0 Å². The lowest BCUT2D eigenvalue weighted by Crippen LogP contribution is -2.41. The van der Waals surface area contributed by atoms with Gasteiger partial charge in [0.2, 0.25) is 0 Å². The Balaban J connectivity index is 1.67. The molecule has 2 fully saturated rings. The first kappa shape index (κ1) is 14.3. The van der Waals surface area contributed by atoms with Gasteiger partial charge in [-0.1, -0.05) is 0 Å². The number of anilines is 1. The molecule has 0 radical (unpaired) electrons. The third kappa shape index (κ3) is 3.15. The highest BCUT2D eigenvalue weighted by Gasteiger charge is 2.28. The molecule has 0 spiro atoms. The van der Waals surface area contributed by atoms with Crippen molar-refractivity contribution in [1.29, 1.82) is 0 Å². The van der Waals surface area contributed by atoms with E-state index in [0.717, 1.165) is 38.5 Å². The van der Waals surface area contributed by atoms with Crippen molar-refractivity contribution in [2.75, 3.05) is 24.5 Å². The van der Waals surface area contributed by atoms with Gasteiger partial charge in [0, 0.05) is 30.9 Å². The van der Waals surface area contributed by atoms with E-state index in [1.54, 1.807) is 0 Å². The topological polar surface area (TPSA) is 58.4 Å². The van der Waals surface area contributed by atoms with Crippen molar-refractivity contribution in [3.8, 4) is 0 Å². The van der Waals surface area contributed by atoms with Gasteiger partial charge in [-0.15, -0.1) is 0 Å². The number of non-ortho nitro benzene ring substituents is 1. The molecule has 114 valence electrons. The number of nitro benzene ring substituents is 1. The fourth-order valence-corrected chi connectivity index (χ4v) is 3.52. The summed E-state index contributed by atoms with van der Waals surface area (Å²) in [6, 6.07) is 4.45. The van der Waals surface area contributed by atoms with Gasteiger partial charge in [-0.2, -0.15) is 0 Å². The number of nitrogens with one attached hydrogen (secondary N) is 1. The van der Waals surface area contributed by atoms with Gasteiger partial charge in [0.15, 0.2) is 0 Å². The summed E-state index contributed by atoms with van der Waals surface area (Å²) in [6.07, 6.45) is 4.61. The van der Waals surface area contributed by atoms with Crippen molar-refractivity contribution in [2.24, 2.45) is 5.92 Å². The van der Waals surface area contributed by atoms with E-state index in [2.05, 4.69) is 10.2 Å². The van der Waals surface area contributed by atoms with E-state index in [4.69, 9.17) is 0 Å². The standard InChI is InChI=1S/C15H20FN3O2/c16-12-8-13(10-14(9-12)19(20)21)18-6-3-11(4-7-18)15-2-1-5-17-15/h8-11,15,17H,1-7H2. The molecule has 1 unspecified atom stereocenters. The molecule has 1 aromatic carbocycles. The Bertz CT molecular complexity index is 524. The molecule has 1 N–H and O–H groups in total. The average molecular weight is 293 g/mol. The van der Waals surface area contributed by atoms with Crippen molar-refractivity contribution in [2.45, 2.75) is 31.7 Å². The first-order valence-electron chi connectivity index (χ1n) is 7.57. The molecule has 6 heteroatoms. The summed E-state index contributed by atoms with van der Waals surface area (Å²) in [4.78, 5) is 12.3. The minimum absolute atomic E-state index is 0.176. The molecule has 3 rings (SSSR count). The van der Waals surface area contributed by atoms with E-state index in [9.17, 15) is 14.5 Å². The maximum absolute atomic E-state index is 13.5. The van der Waals surface area contributed by atoms with Crippen LogP contribution in [0.15, 0.2) is 18.2 Å². The summed E-state index contributed by atoms with van der Waals surface area (Å²) in [5.74, 6) is 0.131. The second-order valence-corrected chi connectivity index (χ2v) is 5.95. The molecule has 0 aromatic heterocycles. The van der Waals surface area contributed by atoms with Gasteiger partial charge in [0.25, 0.3) is 5.69 Å². The van der Waals surface area contributed by atoms with E-state index < -0.39 is 10.7 Å². The van der Waals surface area contributed by atoms with E-state index in [-0.39, 0.29) is 5.69 Å². The number of benzene rings is 1. The maximum atomic E-state index is 13.5. The third-order valence-corrected chi connectivity index (χ3v) is 4.65. The molecule has 2 aliphatic rings. The summed E-state index contributed by atoms with van der Waals surface area (Å²) in [7, 11) is 0. The second kappa shape index (κ2) is 5.97. The second-order valence-electron chi connectivity index (χ2n) is 5.95. The third-order valence-electron chi connectivity index (χ3n) is 4.65. The summed E-state index contributed by atoms with van der Waals surface area (Å²) < 4.78 is 13.5. The number of hydrogen-bond acceptors (Lipinski definition) is 4. The first-order chi connectivity index (χ1) is 10.1. The average Bonchev–Trinajstić information content (AvgIpc) is 3.01. The van der Waals surface area contributed by atoms with Crippen LogP contribution in [-0.2, 0) is 0 Å². The van der Waals surface area contributed by atoms with E-state index >= 15 is 0 Å². The largest absolute Gasteiger partial charge is 0.371 e. The van der Waals surface area contributed by atoms with Crippen molar-refractivity contribution >= 4 is 11.4 Å². The number of nitrogens with zero attached hydrogens (tertiary/aromatic N) is 2. The molecule has 5 nitrogen and oxygen atoms in total. The van der Waals surface area contributed by atoms with Crippen molar-refractivity contribution in [1.82, 2.24) is 5.32 Å². The van der Waals surface area contributed by atoms with Gasteiger partial charge < -0.3 is 10.2 Å². The van der Waals surface area contributed by atoms with Gasteiger partial charge in [0.1, 0.15) is 5.82 Å². The summed E-state index contributed by atoms with van der Waals surface area (Å²) >= 11 is 0. The molecule has 0 aliphatic carbocycles. The zero-order valence-corrected chi connectivity index (χ0v) is 11.9. The smallest absolute Gasteiger partial charge is 0.274 e. The normalized spacial score (nSPS) is 23.5. The Labute approximate surface area is 123 Å². The lowest BCUT2D eigenvalue weighted by Gasteiger charge is -2.36. The summed E-state index contributed by atoms with van der Waals surface area (Å²) in [5, 5.41) is 14.4. The quantitative estimate of drug-likeness (QED) is 0.687. The number of nitro groups is 1. The Morgan fingerprint density at radius 2 is 2.00 bits per heavy atom. The summed E-state index contributed by atoms with van der Waals surface area (Å²) in [6.45, 7) is 2.79. The highest BCUT2D eigenvalue weighted by atomic mass is 19.1. The van der Waals surface area contributed by atoms with E-state index in [1.807, 2.05) is 0 Å². The van der Waals surface area contributed by atoms with Gasteiger partial charge in [-0.3, -0.25) is 10.1 Å². The van der Waals surface area contributed by atoms with Crippen LogP contribution < -0.4 is 10.2 Å². The maximum Gasteiger partial charge on any atom is 0.274 e. The molecule has 2 saturated heterocycles. The fraction of sp³-hybridized carbons (Fsp3) is 0.600. The molecule has 0 saturated carbocycles. The Kier molecular flexibility index (Phi) is 4.05. The number of hydrogen-bond donors (Lipinski definition) is 1. The van der Waals surface area contributed by atoms with Crippen LogP contribution in [0.1, 0.15) is 25.7 Å². The van der Waals surface area contributed by atoms with Crippen LogP contribution in [0.25, 0.3) is 0 Å². The first-order valence-corrected chi connectivity index (χ1v) is 7.57. The molecule has 21 heavy (non-hydrogen) atoms. The van der Waals surface area contributed by atoms with Crippen LogP contribution in [0.3, 0.4) is 0 Å². The van der Waals surface area contributed by atoms with Crippen molar-refractivity contribution in [3.63, 3.8) is 0 Å². The highest BCUT2D eigenvalue weighted by molar-refractivity contribution is 5.54. The minimum atomic E-state index is -0.543. The van der Waals surface area contributed by atoms with Gasteiger partial charge >= 0.3 is 0 Å². The van der Waals surface area contributed by atoms with Crippen LogP contribution in [0.4, 0.5) is 15.8 Å². The van der Waals surface area contributed by atoms with E-state index in [0.29, 0.717) is 17.6 Å². The summed E-state index contributed by atoms with van der Waals surface area (Å²) in [5.41, 5.74) is 0.448. The van der Waals surface area contributed by atoms with Gasteiger partial charge in [-0.25, -0.2) is 4.39 Å². The Morgan fingerprint density at radius 3 is 2.62 bits per heavy atom. The molecular formula is C15H20FN3O2. The van der Waals surface area contributed by atoms with Crippen LogP contribution in [-0.4, -0.2) is 30.6 Å². The fourth-order valence-electron chi connectivity index (χ4n) is 3.52. The monoisotopic (exact) mass is 293 g/mol. The van der Waals surface area contributed by atoms with Crippen LogP contribution in [0.2, 0.25) is 0 Å². The van der Waals surface area contributed by atoms with Crippen LogP contribution in [0, 0.1) is 21.8 Å². The van der Waals surface area contributed by atoms with Crippen LogP contribution in [0.5, 0.6) is 0 Å². The predicted octanol–water partition coefficient (Wildman–Crippen LogP) is 2.70. The Morgan fingerprint density at radius 1 is 1.24 bits per heavy atom. The minimum Gasteiger partial charge on any atom is -0.371 e. The molecule has 0 amide bonds. The number of rotatable bonds is 3. The number of piperidine rings is 1. The number of halogens is 1. The predicted molar refractivity (Wildman–Crippen MR) is 79.0 cm³/mol. The lowest BCUT2D eigenvalue weighted by molar-refractivity contribution is -0.385. The molecule has 0 bridgehead atoms. The van der Waals surface area contributed by atoms with Crippen molar-refractivity contribution < 1.29 is 9.31 Å². The molecule has 1 aromatic rings.